The van der Waals surface area contributed by atoms with Crippen LogP contribution in [0.4, 0.5) is 0 Å². The molecule has 36 nitrogen and oxygen atoms in total. The van der Waals surface area contributed by atoms with E-state index < -0.39 is 119 Å². The first kappa shape index (κ1) is 93.6. The fourth-order valence-corrected chi connectivity index (χ4v) is 15.0. The molecular formula is C77H122N20O16S. The Morgan fingerprint density at radius 2 is 1.20 bits per heavy atom. The fraction of sp³-hybridized carbons (Fsp3) is 0.649. The molecule has 0 radical (unpaired) electrons. The molecule has 2 aromatic rings. The Morgan fingerprint density at radius 3 is 1.82 bits per heavy atom. The second-order valence-corrected chi connectivity index (χ2v) is 31.1. The lowest BCUT2D eigenvalue weighted by atomic mass is 9.86. The summed E-state index contributed by atoms with van der Waals surface area (Å²) in [6.45, 7) is 10.0. The van der Waals surface area contributed by atoms with Crippen LogP contribution in [0.2, 0.25) is 0 Å². The number of carbonyl (C=O) groups excluding carboxylic acids is 13. The van der Waals surface area contributed by atoms with Crippen molar-refractivity contribution in [3.05, 3.63) is 65.7 Å². The molecule has 37 heteroatoms. The highest BCUT2D eigenvalue weighted by Gasteiger charge is 2.40. The first-order valence-electron chi connectivity index (χ1n) is 39.9. The minimum atomic E-state index is -1.62. The van der Waals surface area contributed by atoms with Crippen molar-refractivity contribution in [3.8, 4) is 5.75 Å². The maximum absolute atomic E-state index is 14.3. The second kappa shape index (κ2) is 50.9. The van der Waals surface area contributed by atoms with Gasteiger partial charge in [0, 0.05) is 160 Å². The van der Waals surface area contributed by atoms with Gasteiger partial charge in [-0.25, -0.2) is 0 Å². The van der Waals surface area contributed by atoms with E-state index >= 15 is 0 Å². The van der Waals surface area contributed by atoms with Crippen LogP contribution in [0.25, 0.3) is 0 Å². The summed E-state index contributed by atoms with van der Waals surface area (Å²) in [6, 6.07) is 8.97. The number of imide groups is 1. The smallest absolute Gasteiger partial charge is 0.305 e. The molecule has 5 saturated heterocycles. The molecule has 7 atom stereocenters. The molecule has 5 aliphatic rings. The molecule has 0 spiro atoms. The number of hydrogen-bond acceptors (Lipinski definition) is 24. The van der Waals surface area contributed by atoms with E-state index in [1.165, 1.54) is 12.1 Å². The van der Waals surface area contributed by atoms with Gasteiger partial charge in [0.25, 0.3) is 0 Å². The number of Topliss-reactive ketones (excluding diaryl/α,β-unsaturated/α-hetero) is 2. The quantitative estimate of drug-likeness (QED) is 0.0132. The molecule has 23 N–H and O–H groups in total. The summed E-state index contributed by atoms with van der Waals surface area (Å²) in [4.78, 5) is 192. The van der Waals surface area contributed by atoms with E-state index in [1.807, 2.05) is 6.92 Å². The summed E-state index contributed by atoms with van der Waals surface area (Å²) >= 11 is 1.04. The zero-order chi connectivity index (χ0) is 82.7. The lowest BCUT2D eigenvalue weighted by molar-refractivity contribution is -0.141. The van der Waals surface area contributed by atoms with Crippen molar-refractivity contribution in [2.24, 2.45) is 33.5 Å². The van der Waals surface area contributed by atoms with Gasteiger partial charge in [-0.1, -0.05) is 68.7 Å². The predicted molar refractivity (Wildman–Crippen MR) is 428 cm³/mol. The van der Waals surface area contributed by atoms with Crippen molar-refractivity contribution in [1.82, 2.24) is 84.7 Å². The van der Waals surface area contributed by atoms with Crippen LogP contribution in [-0.4, -0.2) is 268 Å². The van der Waals surface area contributed by atoms with E-state index in [0.29, 0.717) is 155 Å². The number of aliphatic carboxylic acids is 1. The maximum atomic E-state index is 14.3. The third-order valence-electron chi connectivity index (χ3n) is 20.3. The highest BCUT2D eigenvalue weighted by atomic mass is 32.2. The molecule has 5 fully saturated rings. The monoisotopic (exact) mass is 1610 g/mol. The second-order valence-electron chi connectivity index (χ2n) is 29.8. The SMILES string of the molecule is CCC(=O)NCC12CNCCNCC(NC(=O)CCCC(=O)N[C@@H](Cc3ccc(O)cc3)C(=O)CCCCCCC(=O)N[C@@H](CSC3CC(=O)N(CCCNCCCCC4CC(=O)[C@@H](Cc5ccccc5)NC(=O)[C@@H](CC(=O)O)NC(=O)CNC(=O)[C@H](CCCN=C(N)N)NC4=O)C3=O)C(N)=O)(CNCCNC1)CNCCNC2. The van der Waals surface area contributed by atoms with Crippen molar-refractivity contribution in [2.45, 2.75) is 183 Å². The van der Waals surface area contributed by atoms with E-state index in [4.69, 9.17) is 17.2 Å². The Labute approximate surface area is 670 Å². The van der Waals surface area contributed by atoms with Gasteiger partial charge in [0.15, 0.2) is 17.5 Å². The molecule has 5 heterocycles. The first-order valence-corrected chi connectivity index (χ1v) is 41.0. The number of nitrogens with one attached hydrogen (secondary N) is 15. The van der Waals surface area contributed by atoms with E-state index in [9.17, 15) is 77.3 Å². The van der Waals surface area contributed by atoms with Gasteiger partial charge in [0.05, 0.1) is 35.8 Å². The largest absolute Gasteiger partial charge is 0.508 e. The lowest BCUT2D eigenvalue weighted by Gasteiger charge is -2.38. The summed E-state index contributed by atoms with van der Waals surface area (Å²) in [5.41, 5.74) is 17.1. The summed E-state index contributed by atoms with van der Waals surface area (Å²) in [5, 5.41) is 65.4. The summed E-state index contributed by atoms with van der Waals surface area (Å²) < 4.78 is 0. The number of nitrogens with zero attached hydrogens (tertiary/aromatic N) is 2. The van der Waals surface area contributed by atoms with Crippen molar-refractivity contribution in [3.63, 3.8) is 0 Å². The Morgan fingerprint density at radius 1 is 0.605 bits per heavy atom. The number of fused-ring (bicyclic) bond motifs is 15. The van der Waals surface area contributed by atoms with Gasteiger partial charge < -0.3 is 107 Å². The third-order valence-corrected chi connectivity index (χ3v) is 21.6. The minimum absolute atomic E-state index is 0.00919. The summed E-state index contributed by atoms with van der Waals surface area (Å²) in [6.07, 6.45) is 3.38. The first-order chi connectivity index (χ1) is 54.7. The van der Waals surface area contributed by atoms with Crippen molar-refractivity contribution in [2.75, 3.05) is 124 Å². The number of rotatable bonds is 41. The molecule has 0 saturated carbocycles. The number of carbonyl (C=O) groups is 14. The van der Waals surface area contributed by atoms with Crippen molar-refractivity contribution < 1.29 is 77.3 Å². The topological polar surface area (TPSA) is 554 Å². The van der Waals surface area contributed by atoms with E-state index in [1.54, 1.807) is 42.5 Å². The number of thioether (sulfide) groups is 1. The van der Waals surface area contributed by atoms with Crippen LogP contribution in [0.1, 0.15) is 140 Å². The number of primary amides is 1. The van der Waals surface area contributed by atoms with E-state index in [0.717, 1.165) is 22.2 Å². The van der Waals surface area contributed by atoms with Gasteiger partial charge in [0.2, 0.25) is 65.0 Å². The van der Waals surface area contributed by atoms with Crippen LogP contribution in [0.3, 0.4) is 0 Å². The highest BCUT2D eigenvalue weighted by Crippen LogP contribution is 2.27. The molecule has 0 aromatic heterocycles. The predicted octanol–water partition coefficient (Wildman–Crippen LogP) is -3.66. The number of guanidine groups is 1. The lowest BCUT2D eigenvalue weighted by Crippen LogP contribution is -2.66. The van der Waals surface area contributed by atoms with Gasteiger partial charge in [-0.3, -0.25) is 77.0 Å². The number of aliphatic imine (C=N–C) groups is 1. The number of ketones is 2. The molecule has 5 aliphatic heterocycles. The van der Waals surface area contributed by atoms with E-state index in [2.05, 4.69) is 84.7 Å². The Kier molecular flexibility index (Phi) is 41.8. The number of carboxylic acid groups (broad SMARTS) is 1. The van der Waals surface area contributed by atoms with Crippen LogP contribution < -0.4 is 97.0 Å². The molecule has 114 heavy (non-hydrogen) atoms. The fourth-order valence-electron chi connectivity index (χ4n) is 13.8. The average molecular weight is 1620 g/mol. The van der Waals surface area contributed by atoms with Crippen LogP contribution in [-0.2, 0) is 80.0 Å². The van der Waals surface area contributed by atoms with Crippen LogP contribution in [0.15, 0.2) is 59.6 Å². The van der Waals surface area contributed by atoms with Crippen molar-refractivity contribution in [1.29, 1.82) is 0 Å². The normalized spacial score (nSPS) is 22.5. The van der Waals surface area contributed by atoms with Crippen LogP contribution in [0, 0.1) is 11.3 Å². The molecule has 632 valence electrons. The van der Waals surface area contributed by atoms with Crippen LogP contribution >= 0.6 is 11.8 Å². The Bertz CT molecular complexity index is 3480. The Hall–Kier alpha value is -9.24. The van der Waals surface area contributed by atoms with Gasteiger partial charge in [-0.15, -0.1) is 11.8 Å². The molecule has 11 amide bonds. The van der Waals surface area contributed by atoms with Gasteiger partial charge >= 0.3 is 5.97 Å². The van der Waals surface area contributed by atoms with Crippen molar-refractivity contribution >= 4 is 100 Å². The van der Waals surface area contributed by atoms with Gasteiger partial charge in [0.1, 0.15) is 23.9 Å². The highest BCUT2D eigenvalue weighted by molar-refractivity contribution is 8.00. The molecule has 2 aromatic carbocycles. The number of unbranched alkanes of at least 4 members (excludes halogenated alkanes) is 4. The number of benzene rings is 2. The molecule has 2 unspecified atom stereocenters. The van der Waals surface area contributed by atoms with Gasteiger partial charge in [-0.05, 0) is 101 Å². The number of aromatic hydroxyl groups is 1. The summed E-state index contributed by atoms with van der Waals surface area (Å²) in [7, 11) is 0. The number of nitrogens with two attached hydrogens (primary N) is 3. The number of carboxylic acids is 1. The van der Waals surface area contributed by atoms with E-state index in [-0.39, 0.29) is 137 Å². The number of phenols is 1. The number of phenolic OH excluding ortho intramolecular Hbond substituents is 1. The molecular weight excluding hydrogens is 1490 g/mol. The minimum Gasteiger partial charge on any atom is -0.508 e. The zero-order valence-corrected chi connectivity index (χ0v) is 66.5. The standard InChI is InChI=1S/C77H122N20O16S/c1-2-63(101)90-47-76-44-82-30-33-85-48-77(49-86-34-31-83-45-76,50-87-35-32-84-46-76)96-66(104)22-12-21-65(103)91-56(38-52-23-25-54(98)26-24-52)60(99)19-8-3-4-9-20-64(102)93-59(70(78)109)43-114-62-41-68(106)97(74(62)113)36-14-28-81-27-11-10-17-53-39-61(100)57(37-51-15-6-5-7-16-51)95-73(112)58(40-69(107)108)92-67(105)42-89-72(111)55(94-71(53)110)18-13-29-88-75(79)80/h5-7,15-16,23-26,53,55-59,62,81-87,98H,2-4,8-14,17-22,27-50H2,1H3,(H2,78,109)(H,89,111)(H,90,101)(H,91,103)(H,92,105)(H,93,102)(H,94,110)(H,95,112)(H,96,104)(H,107,108)(H4,79,80,88)/t53?,55-,56-,57+,58+,59-,62?,76?,77?/m0/s1. The number of hydrogen-bond donors (Lipinski definition) is 20. The van der Waals surface area contributed by atoms with Crippen LogP contribution in [0.5, 0.6) is 5.75 Å². The third kappa shape index (κ3) is 35.2. The average Bonchev–Trinajstić information content (AvgIpc) is 1.54. The zero-order valence-electron chi connectivity index (χ0n) is 65.7. The number of likely N-dealkylation sites (tertiary alicyclic amines) is 1. The molecule has 2 bridgehead atoms. The summed E-state index contributed by atoms with van der Waals surface area (Å²) in [5.74, 6) is -9.33. The Balaban J connectivity index is 0.909. The molecule has 7 rings (SSSR count). The van der Waals surface area contributed by atoms with Gasteiger partial charge in [-0.2, -0.15) is 0 Å². The molecule has 0 aliphatic carbocycles. The number of amides is 11. The maximum Gasteiger partial charge on any atom is 0.305 e.